The fourth-order valence-corrected chi connectivity index (χ4v) is 2.32. The molecule has 0 radical (unpaired) electrons. The molecule has 1 aromatic heterocycles. The number of aromatic nitrogens is 1. The molecule has 0 unspecified atom stereocenters. The standard InChI is InChI=1S/C12H5Cl3F3NO/c13-6-2-1-5(9(14)10(6)15)11-8(12(16,17)18)7(20)3-4-19-11/h1-4H,(H,19,20). The predicted octanol–water partition coefficient (Wildman–Crippen LogP) is 5.02. The third-order valence-corrected chi connectivity index (χ3v) is 3.84. The summed E-state index contributed by atoms with van der Waals surface area (Å²) >= 11 is 17.4. The summed E-state index contributed by atoms with van der Waals surface area (Å²) in [6.07, 6.45) is -3.72. The van der Waals surface area contributed by atoms with Gasteiger partial charge in [0.1, 0.15) is 5.56 Å². The molecule has 1 N–H and O–H groups in total. The maximum Gasteiger partial charge on any atom is 0.422 e. The van der Waals surface area contributed by atoms with Crippen molar-refractivity contribution in [3.05, 3.63) is 55.3 Å². The van der Waals surface area contributed by atoms with Gasteiger partial charge in [0, 0.05) is 17.8 Å². The number of pyridine rings is 1. The first-order valence-corrected chi connectivity index (χ1v) is 6.29. The lowest BCUT2D eigenvalue weighted by Crippen LogP contribution is -2.20. The van der Waals surface area contributed by atoms with Gasteiger partial charge < -0.3 is 4.98 Å². The zero-order chi connectivity index (χ0) is 15.1. The Bertz CT molecular complexity index is 725. The molecule has 1 heterocycles. The Morgan fingerprint density at radius 2 is 1.65 bits per heavy atom. The third kappa shape index (κ3) is 2.66. The highest BCUT2D eigenvalue weighted by Gasteiger charge is 2.37. The Labute approximate surface area is 126 Å². The van der Waals surface area contributed by atoms with Gasteiger partial charge in [0.25, 0.3) is 0 Å². The highest BCUT2D eigenvalue weighted by atomic mass is 35.5. The van der Waals surface area contributed by atoms with Gasteiger partial charge in [0.05, 0.1) is 20.8 Å². The van der Waals surface area contributed by atoms with Gasteiger partial charge in [-0.1, -0.05) is 34.8 Å². The molecule has 2 aromatic rings. The van der Waals surface area contributed by atoms with Gasteiger partial charge in [-0.25, -0.2) is 0 Å². The quantitative estimate of drug-likeness (QED) is 0.725. The molecule has 1 aromatic carbocycles. The Balaban J connectivity index is 2.82. The highest BCUT2D eigenvalue weighted by Crippen LogP contribution is 2.40. The molecule has 106 valence electrons. The number of nitrogens with one attached hydrogen (secondary N) is 1. The van der Waals surface area contributed by atoms with E-state index in [4.69, 9.17) is 34.8 Å². The largest absolute Gasteiger partial charge is 0.422 e. The van der Waals surface area contributed by atoms with Gasteiger partial charge in [-0.3, -0.25) is 4.79 Å². The average molecular weight is 343 g/mol. The molecule has 0 amide bonds. The lowest BCUT2D eigenvalue weighted by atomic mass is 10.0. The van der Waals surface area contributed by atoms with Crippen molar-refractivity contribution in [3.63, 3.8) is 0 Å². The molecule has 0 atom stereocenters. The summed E-state index contributed by atoms with van der Waals surface area (Å²) in [5, 5.41) is -0.137. The topological polar surface area (TPSA) is 32.9 Å². The number of hydrogen-bond donors (Lipinski definition) is 1. The number of alkyl halides is 3. The second kappa shape index (κ2) is 5.31. The van der Waals surface area contributed by atoms with Crippen LogP contribution in [0.2, 0.25) is 15.1 Å². The average Bonchev–Trinajstić information content (AvgIpc) is 2.34. The second-order valence-corrected chi connectivity index (χ2v) is 4.98. The SMILES string of the molecule is O=c1cc[nH]c(-c2ccc(Cl)c(Cl)c2Cl)c1C(F)(F)F. The maximum absolute atomic E-state index is 13.0. The van der Waals surface area contributed by atoms with Crippen molar-refractivity contribution in [1.29, 1.82) is 0 Å². The lowest BCUT2D eigenvalue weighted by Gasteiger charge is -2.13. The van der Waals surface area contributed by atoms with E-state index in [1.54, 1.807) is 0 Å². The van der Waals surface area contributed by atoms with E-state index in [0.29, 0.717) is 0 Å². The van der Waals surface area contributed by atoms with E-state index in [0.717, 1.165) is 12.3 Å². The zero-order valence-corrected chi connectivity index (χ0v) is 11.8. The molecule has 2 nitrogen and oxygen atoms in total. The molecule has 0 fully saturated rings. The van der Waals surface area contributed by atoms with Crippen LogP contribution in [0.1, 0.15) is 5.56 Å². The molecule has 0 bridgehead atoms. The van der Waals surface area contributed by atoms with Gasteiger partial charge >= 0.3 is 6.18 Å². The number of benzene rings is 1. The molecule has 0 aliphatic rings. The van der Waals surface area contributed by atoms with Crippen LogP contribution >= 0.6 is 34.8 Å². The molecular weight excluding hydrogens is 337 g/mol. The van der Waals surface area contributed by atoms with Crippen LogP contribution < -0.4 is 5.43 Å². The van der Waals surface area contributed by atoms with Gasteiger partial charge in [-0.15, -0.1) is 0 Å². The van der Waals surface area contributed by atoms with Crippen molar-refractivity contribution >= 4 is 34.8 Å². The first-order valence-electron chi connectivity index (χ1n) is 5.16. The van der Waals surface area contributed by atoms with Crippen molar-refractivity contribution in [1.82, 2.24) is 4.98 Å². The van der Waals surface area contributed by atoms with Crippen LogP contribution in [-0.4, -0.2) is 4.98 Å². The third-order valence-electron chi connectivity index (χ3n) is 2.55. The minimum atomic E-state index is -4.82. The monoisotopic (exact) mass is 341 g/mol. The minimum Gasteiger partial charge on any atom is -0.360 e. The van der Waals surface area contributed by atoms with E-state index in [9.17, 15) is 18.0 Å². The second-order valence-electron chi connectivity index (χ2n) is 3.81. The summed E-state index contributed by atoms with van der Waals surface area (Å²) in [6, 6.07) is 3.35. The van der Waals surface area contributed by atoms with Gasteiger partial charge in [0.2, 0.25) is 0 Å². The number of aromatic amines is 1. The molecule has 8 heteroatoms. The smallest absolute Gasteiger partial charge is 0.360 e. The molecule has 20 heavy (non-hydrogen) atoms. The van der Waals surface area contributed by atoms with Crippen LogP contribution in [0.15, 0.2) is 29.2 Å². The Hall–Kier alpha value is -1.17. The molecule has 0 aliphatic carbocycles. The highest BCUT2D eigenvalue weighted by molar-refractivity contribution is 6.49. The number of H-pyrrole nitrogens is 1. The van der Waals surface area contributed by atoms with Gasteiger partial charge in [0.15, 0.2) is 5.43 Å². The summed E-state index contributed by atoms with van der Waals surface area (Å²) in [5.74, 6) is 0. The molecule has 0 saturated carbocycles. The van der Waals surface area contributed by atoms with Crippen molar-refractivity contribution in [2.24, 2.45) is 0 Å². The fourth-order valence-electron chi connectivity index (χ4n) is 1.69. The van der Waals surface area contributed by atoms with Crippen LogP contribution in [0.3, 0.4) is 0 Å². The van der Waals surface area contributed by atoms with Crippen molar-refractivity contribution in [3.8, 4) is 11.3 Å². The summed E-state index contributed by atoms with van der Waals surface area (Å²) in [6.45, 7) is 0. The first kappa shape index (κ1) is 15.2. The molecule has 2 rings (SSSR count). The predicted molar refractivity (Wildman–Crippen MR) is 72.5 cm³/mol. The maximum atomic E-state index is 13.0. The fraction of sp³-hybridized carbons (Fsp3) is 0.0833. The van der Waals surface area contributed by atoms with E-state index in [1.165, 1.54) is 12.1 Å². The molecular formula is C12H5Cl3F3NO. The van der Waals surface area contributed by atoms with E-state index < -0.39 is 22.9 Å². The molecule has 0 aliphatic heterocycles. The normalized spacial score (nSPS) is 11.7. The van der Waals surface area contributed by atoms with E-state index in [2.05, 4.69) is 4.98 Å². The van der Waals surface area contributed by atoms with Crippen LogP contribution in [-0.2, 0) is 6.18 Å². The van der Waals surface area contributed by atoms with Gasteiger partial charge in [-0.2, -0.15) is 13.2 Å². The van der Waals surface area contributed by atoms with E-state index in [-0.39, 0.29) is 20.6 Å². The molecule has 0 saturated heterocycles. The summed E-state index contributed by atoms with van der Waals surface area (Å²) in [4.78, 5) is 13.9. The van der Waals surface area contributed by atoms with Crippen molar-refractivity contribution in [2.75, 3.05) is 0 Å². The van der Waals surface area contributed by atoms with Crippen molar-refractivity contribution in [2.45, 2.75) is 6.18 Å². The van der Waals surface area contributed by atoms with E-state index in [1.807, 2.05) is 0 Å². The van der Waals surface area contributed by atoms with Crippen molar-refractivity contribution < 1.29 is 13.2 Å². The summed E-state index contributed by atoms with van der Waals surface area (Å²) in [7, 11) is 0. The van der Waals surface area contributed by atoms with Gasteiger partial charge in [-0.05, 0) is 12.1 Å². The Kier molecular flexibility index (Phi) is 4.04. The number of rotatable bonds is 1. The zero-order valence-electron chi connectivity index (χ0n) is 9.49. The lowest BCUT2D eigenvalue weighted by molar-refractivity contribution is -0.138. The van der Waals surface area contributed by atoms with Crippen LogP contribution in [0, 0.1) is 0 Å². The van der Waals surface area contributed by atoms with Crippen LogP contribution in [0.4, 0.5) is 13.2 Å². The number of halogens is 6. The minimum absolute atomic E-state index is 0.0499. The van der Waals surface area contributed by atoms with Crippen LogP contribution in [0.25, 0.3) is 11.3 Å². The number of hydrogen-bond acceptors (Lipinski definition) is 1. The molecule has 0 spiro atoms. The summed E-state index contributed by atoms with van der Waals surface area (Å²) < 4.78 is 39.0. The van der Waals surface area contributed by atoms with Crippen LogP contribution in [0.5, 0.6) is 0 Å². The summed E-state index contributed by atoms with van der Waals surface area (Å²) in [5.41, 5.74) is -2.99. The van der Waals surface area contributed by atoms with E-state index >= 15 is 0 Å². The Morgan fingerprint density at radius 3 is 2.25 bits per heavy atom. The first-order chi connectivity index (χ1) is 9.23. The Morgan fingerprint density at radius 1 is 1.00 bits per heavy atom.